The molecule has 0 amide bonds. The Morgan fingerprint density at radius 3 is 2.68 bits per heavy atom. The highest BCUT2D eigenvalue weighted by atomic mass is 35.5. The first kappa shape index (κ1) is 13.1. The molecule has 1 saturated carbocycles. The molecule has 0 aromatic heterocycles. The number of hydrogen-bond acceptors (Lipinski definition) is 3. The van der Waals surface area contributed by atoms with Gasteiger partial charge in [0.1, 0.15) is 0 Å². The molecule has 3 rings (SSSR count). The van der Waals surface area contributed by atoms with Gasteiger partial charge in [0.2, 0.25) is 0 Å². The van der Waals surface area contributed by atoms with E-state index < -0.39 is 0 Å². The quantitative estimate of drug-likeness (QED) is 0.880. The third-order valence-electron chi connectivity index (χ3n) is 3.80. The van der Waals surface area contributed by atoms with E-state index >= 15 is 0 Å². The van der Waals surface area contributed by atoms with E-state index in [-0.39, 0.29) is 0 Å². The molecular weight excluding hydrogens is 281 g/mol. The van der Waals surface area contributed by atoms with Gasteiger partial charge in [-0.15, -0.1) is 0 Å². The van der Waals surface area contributed by atoms with Crippen LogP contribution in [-0.4, -0.2) is 24.6 Å². The van der Waals surface area contributed by atoms with Crippen LogP contribution in [0.5, 0.6) is 0 Å². The topological polar surface area (TPSA) is 36.4 Å². The minimum Gasteiger partial charge on any atom is -0.354 e. The van der Waals surface area contributed by atoms with E-state index in [1.807, 2.05) is 12.1 Å². The van der Waals surface area contributed by atoms with Crippen LogP contribution in [0.15, 0.2) is 23.2 Å². The zero-order chi connectivity index (χ0) is 13.4. The molecule has 2 aliphatic rings. The molecule has 1 aliphatic carbocycles. The number of guanidine groups is 1. The molecular formula is C14H17Cl2N3. The van der Waals surface area contributed by atoms with Gasteiger partial charge in [0.05, 0.1) is 16.6 Å². The van der Waals surface area contributed by atoms with Gasteiger partial charge in [0.25, 0.3) is 0 Å². The van der Waals surface area contributed by atoms with Crippen LogP contribution in [0, 0.1) is 0 Å². The van der Waals surface area contributed by atoms with Gasteiger partial charge in [-0.1, -0.05) is 29.3 Å². The van der Waals surface area contributed by atoms with Crippen LogP contribution in [-0.2, 0) is 0 Å². The maximum Gasteiger partial charge on any atom is 0.191 e. The average Bonchev–Trinajstić information content (AvgIpc) is 2.73. The van der Waals surface area contributed by atoms with E-state index in [0.29, 0.717) is 28.0 Å². The van der Waals surface area contributed by atoms with Crippen LogP contribution in [0.3, 0.4) is 0 Å². The Labute approximate surface area is 123 Å². The van der Waals surface area contributed by atoms with Gasteiger partial charge in [-0.2, -0.15) is 0 Å². The number of hydrogen-bond donors (Lipinski definition) is 2. The Balaban J connectivity index is 1.53. The van der Waals surface area contributed by atoms with Crippen LogP contribution in [0.1, 0.15) is 31.2 Å². The number of aliphatic imine (C=N–C) groups is 1. The van der Waals surface area contributed by atoms with Gasteiger partial charge in [0, 0.05) is 12.1 Å². The summed E-state index contributed by atoms with van der Waals surface area (Å²) < 4.78 is 0. The van der Waals surface area contributed by atoms with Gasteiger partial charge in [-0.3, -0.25) is 4.99 Å². The highest BCUT2D eigenvalue weighted by molar-refractivity contribution is 6.42. The molecule has 0 radical (unpaired) electrons. The summed E-state index contributed by atoms with van der Waals surface area (Å²) in [6, 6.07) is 6.90. The van der Waals surface area contributed by atoms with Gasteiger partial charge in [-0.05, 0) is 43.4 Å². The predicted octanol–water partition coefficient (Wildman–Crippen LogP) is 3.18. The molecule has 3 nitrogen and oxygen atoms in total. The van der Waals surface area contributed by atoms with E-state index in [4.69, 9.17) is 23.2 Å². The summed E-state index contributed by atoms with van der Waals surface area (Å²) in [4.78, 5) is 4.42. The third kappa shape index (κ3) is 2.82. The molecule has 0 spiro atoms. The molecule has 1 fully saturated rings. The predicted molar refractivity (Wildman–Crippen MR) is 80.3 cm³/mol. The van der Waals surface area contributed by atoms with Crippen molar-refractivity contribution in [3.63, 3.8) is 0 Å². The molecule has 1 unspecified atom stereocenters. The molecule has 1 aromatic rings. The lowest BCUT2D eigenvalue weighted by Gasteiger charge is -2.36. The van der Waals surface area contributed by atoms with E-state index in [1.54, 1.807) is 0 Å². The van der Waals surface area contributed by atoms with Crippen molar-refractivity contribution < 1.29 is 0 Å². The van der Waals surface area contributed by atoms with Crippen LogP contribution < -0.4 is 10.6 Å². The highest BCUT2D eigenvalue weighted by Gasteiger charge is 2.31. The zero-order valence-corrected chi connectivity index (χ0v) is 12.3. The standard InChI is InChI=1S/C14H17Cl2N3/c1-8-7-17-14(18-8)19-11-4-10(5-11)9-2-3-12(15)13(16)6-9/h2-3,6,8,10-11H,4-5,7H2,1H3,(H2,17,18,19). The van der Waals surface area contributed by atoms with Crippen molar-refractivity contribution in [1.82, 2.24) is 10.6 Å². The lowest BCUT2D eigenvalue weighted by molar-refractivity contribution is 0.322. The molecule has 102 valence electrons. The van der Waals surface area contributed by atoms with E-state index in [9.17, 15) is 0 Å². The van der Waals surface area contributed by atoms with Crippen LogP contribution in [0.25, 0.3) is 0 Å². The maximum absolute atomic E-state index is 6.05. The fourth-order valence-corrected chi connectivity index (χ4v) is 2.91. The number of nitrogens with zero attached hydrogens (tertiary/aromatic N) is 1. The Kier molecular flexibility index (Phi) is 3.59. The van der Waals surface area contributed by atoms with Crippen molar-refractivity contribution in [2.45, 2.75) is 37.8 Å². The lowest BCUT2D eigenvalue weighted by atomic mass is 9.76. The third-order valence-corrected chi connectivity index (χ3v) is 4.54. The normalized spacial score (nSPS) is 29.4. The molecule has 0 saturated heterocycles. The smallest absolute Gasteiger partial charge is 0.191 e. The first-order chi connectivity index (χ1) is 9.11. The summed E-state index contributed by atoms with van der Waals surface area (Å²) in [5.41, 5.74) is 1.28. The van der Waals surface area contributed by atoms with E-state index in [2.05, 4.69) is 28.6 Å². The summed E-state index contributed by atoms with van der Waals surface area (Å²) in [7, 11) is 0. The summed E-state index contributed by atoms with van der Waals surface area (Å²) in [5.74, 6) is 1.52. The fourth-order valence-electron chi connectivity index (χ4n) is 2.61. The Hall–Kier alpha value is -0.930. The van der Waals surface area contributed by atoms with Gasteiger partial charge >= 0.3 is 0 Å². The number of benzene rings is 1. The summed E-state index contributed by atoms with van der Waals surface area (Å²) in [6.45, 7) is 3.00. The van der Waals surface area contributed by atoms with Crippen molar-refractivity contribution in [2.24, 2.45) is 4.99 Å². The molecule has 1 aliphatic heterocycles. The molecule has 2 N–H and O–H groups in total. The Bertz CT molecular complexity index is 509. The monoisotopic (exact) mass is 297 g/mol. The number of nitrogens with one attached hydrogen (secondary N) is 2. The molecule has 1 atom stereocenters. The van der Waals surface area contributed by atoms with Crippen molar-refractivity contribution in [2.75, 3.05) is 6.54 Å². The SMILES string of the molecule is CC1CN=C(NC2CC(c3ccc(Cl)c(Cl)c3)C2)N1. The molecule has 19 heavy (non-hydrogen) atoms. The minimum absolute atomic E-state index is 0.452. The van der Waals surface area contributed by atoms with Crippen LogP contribution >= 0.6 is 23.2 Å². The second kappa shape index (κ2) is 5.22. The largest absolute Gasteiger partial charge is 0.354 e. The second-order valence-corrected chi connectivity index (χ2v) is 6.23. The molecule has 5 heteroatoms. The van der Waals surface area contributed by atoms with Crippen molar-refractivity contribution in [1.29, 1.82) is 0 Å². The Morgan fingerprint density at radius 2 is 2.05 bits per heavy atom. The number of halogens is 2. The number of rotatable bonds is 2. The first-order valence-corrected chi connectivity index (χ1v) is 7.40. The maximum atomic E-state index is 6.05. The van der Waals surface area contributed by atoms with E-state index in [0.717, 1.165) is 25.3 Å². The summed E-state index contributed by atoms with van der Waals surface area (Å²) in [6.07, 6.45) is 2.24. The average molecular weight is 298 g/mol. The zero-order valence-electron chi connectivity index (χ0n) is 10.8. The second-order valence-electron chi connectivity index (χ2n) is 5.42. The highest BCUT2D eigenvalue weighted by Crippen LogP contribution is 2.38. The molecule has 1 heterocycles. The van der Waals surface area contributed by atoms with Crippen LogP contribution in [0.4, 0.5) is 0 Å². The summed E-state index contributed by atoms with van der Waals surface area (Å²) in [5, 5.41) is 8.04. The summed E-state index contributed by atoms with van der Waals surface area (Å²) >= 11 is 12.0. The first-order valence-electron chi connectivity index (χ1n) is 6.64. The fraction of sp³-hybridized carbons (Fsp3) is 0.500. The van der Waals surface area contributed by atoms with Crippen LogP contribution in [0.2, 0.25) is 10.0 Å². The van der Waals surface area contributed by atoms with Crippen molar-refractivity contribution >= 4 is 29.2 Å². The van der Waals surface area contributed by atoms with Gasteiger partial charge < -0.3 is 10.6 Å². The Morgan fingerprint density at radius 1 is 1.26 bits per heavy atom. The molecule has 1 aromatic carbocycles. The van der Waals surface area contributed by atoms with Gasteiger partial charge in [-0.25, -0.2) is 0 Å². The van der Waals surface area contributed by atoms with Crippen molar-refractivity contribution in [3.05, 3.63) is 33.8 Å². The molecule has 0 bridgehead atoms. The van der Waals surface area contributed by atoms with Crippen molar-refractivity contribution in [3.8, 4) is 0 Å². The van der Waals surface area contributed by atoms with E-state index in [1.165, 1.54) is 5.56 Å². The van der Waals surface area contributed by atoms with Gasteiger partial charge in [0.15, 0.2) is 5.96 Å². The lowest BCUT2D eigenvalue weighted by Crippen LogP contribution is -2.48. The minimum atomic E-state index is 0.452.